The van der Waals surface area contributed by atoms with Crippen LogP contribution in [0.2, 0.25) is 0 Å². The van der Waals surface area contributed by atoms with Crippen LogP contribution in [0.1, 0.15) is 20.3 Å². The number of nitrogens with zero attached hydrogens (tertiary/aromatic N) is 3. The first-order valence-corrected chi connectivity index (χ1v) is 6.15. The molecule has 114 valence electrons. The fourth-order valence-electron chi connectivity index (χ4n) is 1.89. The van der Waals surface area contributed by atoms with Crippen LogP contribution < -0.4 is 4.90 Å². The monoisotopic (exact) mass is 297 g/mol. The second-order valence-corrected chi connectivity index (χ2v) is 4.62. The number of non-ortho nitro benzene ring substituents is 1. The lowest BCUT2D eigenvalue weighted by atomic mass is 10.1. The molecule has 0 fully saturated rings. The van der Waals surface area contributed by atoms with Gasteiger partial charge in [0.2, 0.25) is 0 Å². The molecule has 0 bridgehead atoms. The van der Waals surface area contributed by atoms with Crippen LogP contribution in [0.15, 0.2) is 18.2 Å². The molecule has 1 N–H and O–H groups in total. The molecule has 0 radical (unpaired) electrons. The number of carboxylic acid groups (broad SMARTS) is 1. The number of carbonyl (C=O) groups is 1. The van der Waals surface area contributed by atoms with Gasteiger partial charge in [-0.3, -0.25) is 25.0 Å². The third-order valence-electron chi connectivity index (χ3n) is 2.87. The maximum atomic E-state index is 11.1. The van der Waals surface area contributed by atoms with Gasteiger partial charge in [-0.25, -0.2) is 0 Å². The molecule has 1 rings (SSSR count). The molecule has 0 heterocycles. The number of benzene rings is 1. The minimum Gasteiger partial charge on any atom is -0.481 e. The molecule has 1 aromatic carbocycles. The molecule has 0 unspecified atom stereocenters. The summed E-state index contributed by atoms with van der Waals surface area (Å²) in [5.74, 6) is -1.02. The summed E-state index contributed by atoms with van der Waals surface area (Å²) in [5.41, 5.74) is -0.627. The highest BCUT2D eigenvalue weighted by molar-refractivity contribution is 5.70. The molecular formula is C12H15N3O6. The second kappa shape index (κ2) is 6.64. The molecule has 0 aromatic heterocycles. The van der Waals surface area contributed by atoms with Crippen LogP contribution >= 0.6 is 0 Å². The summed E-state index contributed by atoms with van der Waals surface area (Å²) in [7, 11) is 0. The Morgan fingerprint density at radius 2 is 1.90 bits per heavy atom. The average Bonchev–Trinajstić information content (AvgIpc) is 2.37. The lowest BCUT2D eigenvalue weighted by Crippen LogP contribution is -2.33. The van der Waals surface area contributed by atoms with Crippen molar-refractivity contribution in [2.75, 3.05) is 11.4 Å². The van der Waals surface area contributed by atoms with E-state index >= 15 is 0 Å². The van der Waals surface area contributed by atoms with Gasteiger partial charge in [-0.1, -0.05) is 0 Å². The molecule has 0 aliphatic heterocycles. The largest absolute Gasteiger partial charge is 0.481 e. The van der Waals surface area contributed by atoms with E-state index in [1.807, 2.05) is 0 Å². The summed E-state index contributed by atoms with van der Waals surface area (Å²) in [6.07, 6.45) is -0.188. The zero-order chi connectivity index (χ0) is 16.2. The van der Waals surface area contributed by atoms with Crippen LogP contribution in [0.4, 0.5) is 17.1 Å². The van der Waals surface area contributed by atoms with Crippen molar-refractivity contribution >= 4 is 23.0 Å². The third kappa shape index (κ3) is 4.13. The van der Waals surface area contributed by atoms with Crippen molar-refractivity contribution in [3.05, 3.63) is 38.4 Å². The topological polar surface area (TPSA) is 127 Å². The molecule has 21 heavy (non-hydrogen) atoms. The molecule has 9 heteroatoms. The van der Waals surface area contributed by atoms with Gasteiger partial charge in [-0.15, -0.1) is 0 Å². The number of nitro groups is 2. The molecule has 0 atom stereocenters. The highest BCUT2D eigenvalue weighted by Crippen LogP contribution is 2.33. The number of carboxylic acids is 1. The SMILES string of the molecule is CC(C)N(CCC(=O)O)c1ccc([N+](=O)[O-])cc1[N+](=O)[O-]. The van der Waals surface area contributed by atoms with E-state index in [9.17, 15) is 25.0 Å². The summed E-state index contributed by atoms with van der Waals surface area (Å²) < 4.78 is 0. The summed E-state index contributed by atoms with van der Waals surface area (Å²) in [5, 5.41) is 30.5. The number of aliphatic carboxylic acids is 1. The molecule has 0 amide bonds. The smallest absolute Gasteiger partial charge is 0.305 e. The first kappa shape index (κ1) is 16.3. The fourth-order valence-corrected chi connectivity index (χ4v) is 1.89. The van der Waals surface area contributed by atoms with Gasteiger partial charge in [0.15, 0.2) is 0 Å². The van der Waals surface area contributed by atoms with Crippen molar-refractivity contribution in [1.82, 2.24) is 0 Å². The summed E-state index contributed by atoms with van der Waals surface area (Å²) >= 11 is 0. The van der Waals surface area contributed by atoms with Crippen LogP contribution in [-0.4, -0.2) is 33.5 Å². The molecule has 0 saturated carbocycles. The van der Waals surface area contributed by atoms with Crippen molar-refractivity contribution in [2.24, 2.45) is 0 Å². The van der Waals surface area contributed by atoms with Crippen LogP contribution in [0, 0.1) is 20.2 Å². The van der Waals surface area contributed by atoms with Crippen molar-refractivity contribution in [3.63, 3.8) is 0 Å². The minimum absolute atomic E-state index is 0.0751. The van der Waals surface area contributed by atoms with Gasteiger partial charge < -0.3 is 10.0 Å². The van der Waals surface area contributed by atoms with E-state index in [0.717, 1.165) is 6.07 Å². The van der Waals surface area contributed by atoms with Crippen LogP contribution in [-0.2, 0) is 4.79 Å². The van der Waals surface area contributed by atoms with E-state index in [1.165, 1.54) is 17.0 Å². The molecule has 0 spiro atoms. The number of hydrogen-bond donors (Lipinski definition) is 1. The van der Waals surface area contributed by atoms with Gasteiger partial charge in [0, 0.05) is 18.7 Å². The molecule has 9 nitrogen and oxygen atoms in total. The molecule has 0 aliphatic carbocycles. The zero-order valence-electron chi connectivity index (χ0n) is 11.6. The highest BCUT2D eigenvalue weighted by atomic mass is 16.6. The quantitative estimate of drug-likeness (QED) is 0.603. The van der Waals surface area contributed by atoms with Gasteiger partial charge >= 0.3 is 5.97 Å². The standard InChI is InChI=1S/C12H15N3O6/c1-8(2)13(6-5-12(16)17)10-4-3-9(14(18)19)7-11(10)15(20)21/h3-4,7-8H,5-6H2,1-2H3,(H,16,17). The van der Waals surface area contributed by atoms with Crippen molar-refractivity contribution in [3.8, 4) is 0 Å². The minimum atomic E-state index is -1.02. The summed E-state index contributed by atoms with van der Waals surface area (Å²) in [4.78, 5) is 32.6. The lowest BCUT2D eigenvalue weighted by molar-refractivity contribution is -0.393. The highest BCUT2D eigenvalue weighted by Gasteiger charge is 2.25. The van der Waals surface area contributed by atoms with Crippen molar-refractivity contribution in [1.29, 1.82) is 0 Å². The Balaban J connectivity index is 3.26. The fraction of sp³-hybridized carbons (Fsp3) is 0.417. The van der Waals surface area contributed by atoms with Gasteiger partial charge in [-0.05, 0) is 19.9 Å². The van der Waals surface area contributed by atoms with Crippen LogP contribution in [0.5, 0.6) is 0 Å². The summed E-state index contributed by atoms with van der Waals surface area (Å²) in [6.45, 7) is 3.59. The Morgan fingerprint density at radius 1 is 1.29 bits per heavy atom. The van der Waals surface area contributed by atoms with E-state index in [0.29, 0.717) is 0 Å². The van der Waals surface area contributed by atoms with Gasteiger partial charge in [0.1, 0.15) is 5.69 Å². The predicted molar refractivity (Wildman–Crippen MR) is 74.5 cm³/mol. The van der Waals surface area contributed by atoms with E-state index in [1.54, 1.807) is 13.8 Å². The predicted octanol–water partition coefficient (Wildman–Crippen LogP) is 2.19. The maximum Gasteiger partial charge on any atom is 0.305 e. The number of nitro benzene ring substituents is 2. The first-order chi connectivity index (χ1) is 9.73. The van der Waals surface area contributed by atoms with Crippen LogP contribution in [0.3, 0.4) is 0 Å². The second-order valence-electron chi connectivity index (χ2n) is 4.62. The Hall–Kier alpha value is -2.71. The number of hydrogen-bond acceptors (Lipinski definition) is 6. The van der Waals surface area contributed by atoms with Crippen molar-refractivity contribution in [2.45, 2.75) is 26.3 Å². The van der Waals surface area contributed by atoms with Gasteiger partial charge in [-0.2, -0.15) is 0 Å². The Kier molecular flexibility index (Phi) is 5.17. The van der Waals surface area contributed by atoms with Gasteiger partial charge in [0.25, 0.3) is 11.4 Å². The maximum absolute atomic E-state index is 11.1. The zero-order valence-corrected chi connectivity index (χ0v) is 11.6. The third-order valence-corrected chi connectivity index (χ3v) is 2.87. The summed E-state index contributed by atoms with van der Waals surface area (Å²) in [6, 6.07) is 3.13. The van der Waals surface area contributed by atoms with E-state index < -0.39 is 21.5 Å². The molecule has 0 saturated heterocycles. The normalized spacial score (nSPS) is 10.4. The average molecular weight is 297 g/mol. The Bertz CT molecular complexity index is 572. The van der Waals surface area contributed by atoms with E-state index in [4.69, 9.17) is 5.11 Å². The molecule has 0 aliphatic rings. The van der Waals surface area contributed by atoms with Gasteiger partial charge in [0.05, 0.1) is 22.3 Å². The number of rotatable bonds is 7. The number of anilines is 1. The lowest BCUT2D eigenvalue weighted by Gasteiger charge is -2.27. The Morgan fingerprint density at radius 3 is 2.33 bits per heavy atom. The van der Waals surface area contributed by atoms with E-state index in [2.05, 4.69) is 0 Å². The first-order valence-electron chi connectivity index (χ1n) is 6.15. The Labute approximate surface area is 120 Å². The molecular weight excluding hydrogens is 282 g/mol. The van der Waals surface area contributed by atoms with Crippen molar-refractivity contribution < 1.29 is 19.7 Å². The molecule has 1 aromatic rings. The van der Waals surface area contributed by atoms with Crippen LogP contribution in [0.25, 0.3) is 0 Å². The van der Waals surface area contributed by atoms with E-state index in [-0.39, 0.29) is 30.4 Å².